The van der Waals surface area contributed by atoms with Crippen LogP contribution in [0.1, 0.15) is 6.92 Å². The Morgan fingerprint density at radius 1 is 1.43 bits per heavy atom. The van der Waals surface area contributed by atoms with E-state index in [4.69, 9.17) is 5.11 Å². The van der Waals surface area contributed by atoms with Crippen LogP contribution in [-0.2, 0) is 0 Å². The van der Waals surface area contributed by atoms with Gasteiger partial charge in [0.2, 0.25) is 0 Å². The van der Waals surface area contributed by atoms with E-state index in [2.05, 4.69) is 31.9 Å². The number of hydrogen-bond acceptors (Lipinski definition) is 1. The Morgan fingerprint density at radius 2 is 1.71 bits per heavy atom. The van der Waals surface area contributed by atoms with Crippen molar-refractivity contribution in [2.75, 3.05) is 10.7 Å². The topological polar surface area (TPSA) is 20.2 Å². The molecule has 0 radical (unpaired) electrons. The van der Waals surface area contributed by atoms with Crippen LogP contribution in [0.2, 0.25) is 0 Å². The Hall–Kier alpha value is 0.920. The first-order chi connectivity index (χ1) is 3.12. The summed E-state index contributed by atoms with van der Waals surface area (Å²) in [6, 6.07) is 0. The van der Waals surface area contributed by atoms with Gasteiger partial charge in [0.05, 0.1) is 5.60 Å². The predicted octanol–water partition coefficient (Wildman–Crippen LogP) is 1.53. The van der Waals surface area contributed by atoms with Gasteiger partial charge >= 0.3 is 0 Å². The summed E-state index contributed by atoms with van der Waals surface area (Å²) < 4.78 is 0. The van der Waals surface area contributed by atoms with E-state index in [0.29, 0.717) is 10.7 Å². The summed E-state index contributed by atoms with van der Waals surface area (Å²) in [6.45, 7) is 1.76. The van der Waals surface area contributed by atoms with Crippen LogP contribution in [0.3, 0.4) is 0 Å². The lowest BCUT2D eigenvalue weighted by molar-refractivity contribution is 0.115. The Labute approximate surface area is 60.4 Å². The Kier molecular flexibility index (Phi) is 3.45. The monoisotopic (exact) mass is 230 g/mol. The van der Waals surface area contributed by atoms with Crippen molar-refractivity contribution in [2.24, 2.45) is 0 Å². The molecule has 0 rings (SSSR count). The van der Waals surface area contributed by atoms with Crippen LogP contribution < -0.4 is 0 Å². The van der Waals surface area contributed by atoms with Gasteiger partial charge in [0, 0.05) is 10.7 Å². The zero-order chi connectivity index (χ0) is 5.91. The van der Waals surface area contributed by atoms with E-state index in [0.717, 1.165) is 0 Å². The third-order valence-corrected chi connectivity index (χ3v) is 2.99. The lowest BCUT2D eigenvalue weighted by atomic mass is 10.2. The van der Waals surface area contributed by atoms with Gasteiger partial charge in [-0.15, -0.1) is 0 Å². The molecule has 3 heteroatoms. The number of aliphatic hydroxyl groups is 1. The van der Waals surface area contributed by atoms with Crippen molar-refractivity contribution >= 4 is 31.9 Å². The van der Waals surface area contributed by atoms with Gasteiger partial charge in [-0.2, -0.15) is 0 Å². The summed E-state index contributed by atoms with van der Waals surface area (Å²) in [7, 11) is 0. The third-order valence-electron chi connectivity index (χ3n) is 0.576. The number of hydrogen-bond donors (Lipinski definition) is 1. The Morgan fingerprint density at radius 3 is 1.71 bits per heavy atom. The first-order valence-corrected chi connectivity index (χ1v) is 4.21. The summed E-state index contributed by atoms with van der Waals surface area (Å²) in [6.07, 6.45) is 0. The van der Waals surface area contributed by atoms with Crippen LogP contribution in [0.4, 0.5) is 0 Å². The normalized spacial score (nSPS) is 12.0. The second-order valence-electron chi connectivity index (χ2n) is 1.76. The lowest BCUT2D eigenvalue weighted by Crippen LogP contribution is -2.27. The fraction of sp³-hybridized carbons (Fsp3) is 1.00. The number of halogens is 2. The minimum Gasteiger partial charge on any atom is -0.388 e. The summed E-state index contributed by atoms with van der Waals surface area (Å²) in [5.74, 6) is 0. The van der Waals surface area contributed by atoms with Gasteiger partial charge in [-0.1, -0.05) is 31.9 Å². The standard InChI is InChI=1S/C4H8Br2O/c1-4(7,2-5)3-6/h7H,2-3H2,1H3. The van der Waals surface area contributed by atoms with Gasteiger partial charge in [-0.05, 0) is 6.92 Å². The van der Waals surface area contributed by atoms with Crippen LogP contribution in [0.5, 0.6) is 0 Å². The van der Waals surface area contributed by atoms with Crippen LogP contribution in [0, 0.1) is 0 Å². The van der Waals surface area contributed by atoms with Crippen LogP contribution in [-0.4, -0.2) is 21.4 Å². The fourth-order valence-electron chi connectivity index (χ4n) is 0.0357. The highest BCUT2D eigenvalue weighted by Gasteiger charge is 2.14. The van der Waals surface area contributed by atoms with Crippen LogP contribution in [0.15, 0.2) is 0 Å². The van der Waals surface area contributed by atoms with Crippen molar-refractivity contribution in [3.05, 3.63) is 0 Å². The molecule has 0 aromatic rings. The maximum Gasteiger partial charge on any atom is 0.0812 e. The minimum atomic E-state index is -0.583. The highest BCUT2D eigenvalue weighted by atomic mass is 79.9. The molecular formula is C4H8Br2O. The molecule has 0 saturated carbocycles. The van der Waals surface area contributed by atoms with E-state index in [1.54, 1.807) is 6.92 Å². The molecule has 0 saturated heterocycles. The molecule has 0 aromatic heterocycles. The van der Waals surface area contributed by atoms with E-state index in [9.17, 15) is 0 Å². The molecule has 0 fully saturated rings. The van der Waals surface area contributed by atoms with Gasteiger partial charge in [-0.25, -0.2) is 0 Å². The average molecular weight is 232 g/mol. The van der Waals surface area contributed by atoms with Crippen LogP contribution >= 0.6 is 31.9 Å². The molecule has 0 aromatic carbocycles. The quantitative estimate of drug-likeness (QED) is 0.715. The molecule has 0 aliphatic rings. The van der Waals surface area contributed by atoms with E-state index in [1.165, 1.54) is 0 Å². The molecule has 0 aliphatic carbocycles. The van der Waals surface area contributed by atoms with Crippen molar-refractivity contribution < 1.29 is 5.11 Å². The van der Waals surface area contributed by atoms with Gasteiger partial charge in [0.1, 0.15) is 0 Å². The van der Waals surface area contributed by atoms with Crippen LogP contribution in [0.25, 0.3) is 0 Å². The fourth-order valence-corrected chi connectivity index (χ4v) is 0.964. The van der Waals surface area contributed by atoms with Crippen molar-refractivity contribution in [3.63, 3.8) is 0 Å². The van der Waals surface area contributed by atoms with Crippen molar-refractivity contribution in [2.45, 2.75) is 12.5 Å². The van der Waals surface area contributed by atoms with Crippen molar-refractivity contribution in [1.29, 1.82) is 0 Å². The SMILES string of the molecule is CC(O)(CBr)CBr. The molecule has 0 atom stereocenters. The molecule has 0 heterocycles. The number of alkyl halides is 2. The third kappa shape index (κ3) is 3.50. The molecule has 1 N–H and O–H groups in total. The highest BCUT2D eigenvalue weighted by Crippen LogP contribution is 2.09. The van der Waals surface area contributed by atoms with Crippen molar-refractivity contribution in [3.8, 4) is 0 Å². The second-order valence-corrected chi connectivity index (χ2v) is 2.89. The first kappa shape index (κ1) is 7.92. The maximum atomic E-state index is 9.04. The zero-order valence-corrected chi connectivity index (χ0v) is 7.29. The first-order valence-electron chi connectivity index (χ1n) is 1.97. The predicted molar refractivity (Wildman–Crippen MR) is 38.2 cm³/mol. The van der Waals surface area contributed by atoms with E-state index < -0.39 is 5.60 Å². The summed E-state index contributed by atoms with van der Waals surface area (Å²) >= 11 is 6.30. The van der Waals surface area contributed by atoms with Gasteiger partial charge in [-0.3, -0.25) is 0 Å². The molecule has 7 heavy (non-hydrogen) atoms. The smallest absolute Gasteiger partial charge is 0.0812 e. The zero-order valence-electron chi connectivity index (χ0n) is 4.12. The van der Waals surface area contributed by atoms with E-state index in [1.807, 2.05) is 0 Å². The minimum absolute atomic E-state index is 0.583. The molecule has 44 valence electrons. The van der Waals surface area contributed by atoms with Gasteiger partial charge in [0.15, 0.2) is 0 Å². The van der Waals surface area contributed by atoms with E-state index >= 15 is 0 Å². The largest absolute Gasteiger partial charge is 0.388 e. The summed E-state index contributed by atoms with van der Waals surface area (Å²) in [4.78, 5) is 0. The molecule has 0 aliphatic heterocycles. The molecule has 0 amide bonds. The summed E-state index contributed by atoms with van der Waals surface area (Å²) in [5, 5.41) is 10.3. The van der Waals surface area contributed by atoms with Gasteiger partial charge < -0.3 is 5.11 Å². The maximum absolute atomic E-state index is 9.04. The van der Waals surface area contributed by atoms with Gasteiger partial charge in [0.25, 0.3) is 0 Å². The summed E-state index contributed by atoms with van der Waals surface area (Å²) in [5.41, 5.74) is -0.583. The second kappa shape index (κ2) is 3.05. The van der Waals surface area contributed by atoms with Crippen molar-refractivity contribution in [1.82, 2.24) is 0 Å². The Bertz CT molecular complexity index is 47.7. The Balaban J connectivity index is 3.36. The molecule has 0 bridgehead atoms. The van der Waals surface area contributed by atoms with E-state index in [-0.39, 0.29) is 0 Å². The molecule has 1 nitrogen and oxygen atoms in total. The lowest BCUT2D eigenvalue weighted by Gasteiger charge is -2.14. The average Bonchev–Trinajstić information content (AvgIpc) is 1.68. The molecule has 0 spiro atoms. The highest BCUT2D eigenvalue weighted by molar-refractivity contribution is 9.09. The molecule has 0 unspecified atom stereocenters. The molecular weight excluding hydrogens is 224 g/mol. The number of rotatable bonds is 2.